The van der Waals surface area contributed by atoms with Gasteiger partial charge in [0.15, 0.2) is 0 Å². The fraction of sp³-hybridized carbons (Fsp3) is 1.00. The quantitative estimate of drug-likeness (QED) is 0.864. The maximum atomic E-state index is 12.2. The van der Waals surface area contributed by atoms with Gasteiger partial charge in [-0.25, -0.2) is 0 Å². The molecular weight excluding hydrogens is 285 g/mol. The first-order chi connectivity index (χ1) is 9.73. The Morgan fingerprint density at radius 2 is 1.81 bits per heavy atom. The topological polar surface area (TPSA) is 38.7 Å². The molecule has 2 aliphatic heterocycles. The Bertz CT molecular complexity index is 330. The summed E-state index contributed by atoms with van der Waals surface area (Å²) in [6.07, 6.45) is -1.77. The van der Waals surface area contributed by atoms with E-state index in [1.807, 2.05) is 0 Å². The molecular formula is C15H25F3O3. The van der Waals surface area contributed by atoms with E-state index >= 15 is 0 Å². The van der Waals surface area contributed by atoms with Crippen LogP contribution < -0.4 is 0 Å². The van der Waals surface area contributed by atoms with Crippen molar-refractivity contribution in [3.63, 3.8) is 0 Å². The zero-order valence-electron chi connectivity index (χ0n) is 12.5. The fourth-order valence-corrected chi connectivity index (χ4v) is 3.50. The molecule has 2 heterocycles. The summed E-state index contributed by atoms with van der Waals surface area (Å²) in [6, 6.07) is 0. The van der Waals surface area contributed by atoms with Gasteiger partial charge in [-0.15, -0.1) is 0 Å². The molecule has 124 valence electrons. The van der Waals surface area contributed by atoms with Gasteiger partial charge in [0.05, 0.1) is 11.2 Å². The number of alkyl halides is 3. The molecule has 0 aliphatic carbocycles. The van der Waals surface area contributed by atoms with E-state index in [4.69, 9.17) is 9.47 Å². The monoisotopic (exact) mass is 310 g/mol. The summed E-state index contributed by atoms with van der Waals surface area (Å²) in [5.41, 5.74) is -1.30. The van der Waals surface area contributed by atoms with E-state index in [9.17, 15) is 18.3 Å². The predicted octanol–water partition coefficient (Wildman–Crippen LogP) is 3.45. The van der Waals surface area contributed by atoms with Crippen LogP contribution in [0, 0.1) is 5.92 Å². The summed E-state index contributed by atoms with van der Waals surface area (Å²) in [5, 5.41) is 10.6. The Kier molecular flexibility index (Phi) is 5.21. The smallest absolute Gasteiger partial charge is 0.389 e. The van der Waals surface area contributed by atoms with Crippen LogP contribution in [0.2, 0.25) is 0 Å². The molecule has 2 aliphatic rings. The van der Waals surface area contributed by atoms with Crippen LogP contribution in [-0.2, 0) is 9.47 Å². The van der Waals surface area contributed by atoms with Gasteiger partial charge >= 0.3 is 6.18 Å². The van der Waals surface area contributed by atoms with Crippen LogP contribution in [0.5, 0.6) is 0 Å². The first-order valence-electron chi connectivity index (χ1n) is 7.73. The van der Waals surface area contributed by atoms with E-state index in [1.54, 1.807) is 6.92 Å². The van der Waals surface area contributed by atoms with Gasteiger partial charge < -0.3 is 14.6 Å². The maximum Gasteiger partial charge on any atom is 0.389 e. The molecule has 0 amide bonds. The van der Waals surface area contributed by atoms with E-state index in [0.717, 1.165) is 19.3 Å². The van der Waals surface area contributed by atoms with Crippen LogP contribution in [0.25, 0.3) is 0 Å². The molecule has 3 nitrogen and oxygen atoms in total. The number of rotatable bonds is 4. The Morgan fingerprint density at radius 1 is 1.14 bits per heavy atom. The molecule has 0 aromatic heterocycles. The zero-order chi connectivity index (χ0) is 15.6. The average Bonchev–Trinajstić information content (AvgIpc) is 2.38. The molecule has 0 radical (unpaired) electrons. The van der Waals surface area contributed by atoms with Crippen LogP contribution in [0.1, 0.15) is 51.9 Å². The van der Waals surface area contributed by atoms with Gasteiger partial charge in [0.1, 0.15) is 0 Å². The van der Waals surface area contributed by atoms with Gasteiger partial charge in [0.25, 0.3) is 0 Å². The molecule has 2 unspecified atom stereocenters. The first-order valence-corrected chi connectivity index (χ1v) is 7.73. The van der Waals surface area contributed by atoms with E-state index in [-0.39, 0.29) is 24.4 Å². The van der Waals surface area contributed by atoms with Crippen LogP contribution in [0.15, 0.2) is 0 Å². The van der Waals surface area contributed by atoms with Crippen molar-refractivity contribution in [1.82, 2.24) is 0 Å². The van der Waals surface area contributed by atoms with Gasteiger partial charge in [0, 0.05) is 26.2 Å². The average molecular weight is 310 g/mol. The highest BCUT2D eigenvalue weighted by atomic mass is 19.4. The summed E-state index contributed by atoms with van der Waals surface area (Å²) < 4.78 is 48.0. The SMILES string of the molecule is CC(O)(CCCC(F)(F)F)C1CCOC2(CCOCC2)C1. The largest absolute Gasteiger partial charge is 0.390 e. The van der Waals surface area contributed by atoms with Gasteiger partial charge in [0.2, 0.25) is 0 Å². The molecule has 0 bridgehead atoms. The molecule has 21 heavy (non-hydrogen) atoms. The summed E-state index contributed by atoms with van der Waals surface area (Å²) >= 11 is 0. The molecule has 2 rings (SSSR count). The summed E-state index contributed by atoms with van der Waals surface area (Å²) in [4.78, 5) is 0. The lowest BCUT2D eigenvalue weighted by molar-refractivity contribution is -0.175. The van der Waals surface area contributed by atoms with Crippen LogP contribution >= 0.6 is 0 Å². The van der Waals surface area contributed by atoms with Crippen molar-refractivity contribution in [1.29, 1.82) is 0 Å². The molecule has 2 saturated heterocycles. The second-order valence-electron chi connectivity index (χ2n) is 6.66. The van der Waals surface area contributed by atoms with Crippen molar-refractivity contribution in [2.24, 2.45) is 5.92 Å². The van der Waals surface area contributed by atoms with Crippen molar-refractivity contribution >= 4 is 0 Å². The lowest BCUT2D eigenvalue weighted by Crippen LogP contribution is -2.49. The standard InChI is InChI=1S/C15H25F3O3/c1-13(19,4-2-5-15(16,17)18)12-3-8-21-14(11-12)6-9-20-10-7-14/h12,19H,2-11H2,1H3. The molecule has 0 saturated carbocycles. The van der Waals surface area contributed by atoms with E-state index in [2.05, 4.69) is 0 Å². The Morgan fingerprint density at radius 3 is 2.43 bits per heavy atom. The molecule has 1 N–H and O–H groups in total. The zero-order valence-corrected chi connectivity index (χ0v) is 12.5. The van der Waals surface area contributed by atoms with Crippen molar-refractivity contribution in [2.75, 3.05) is 19.8 Å². The number of ether oxygens (including phenoxy) is 2. The predicted molar refractivity (Wildman–Crippen MR) is 72.0 cm³/mol. The Labute approximate surface area is 123 Å². The normalized spacial score (nSPS) is 29.3. The van der Waals surface area contributed by atoms with Gasteiger partial charge in [-0.2, -0.15) is 13.2 Å². The highest BCUT2D eigenvalue weighted by Gasteiger charge is 2.44. The molecule has 2 atom stereocenters. The third-order valence-electron chi connectivity index (χ3n) is 4.92. The molecule has 1 spiro atoms. The lowest BCUT2D eigenvalue weighted by Gasteiger charge is -2.47. The summed E-state index contributed by atoms with van der Waals surface area (Å²) in [6.45, 7) is 3.55. The van der Waals surface area contributed by atoms with E-state index < -0.39 is 18.2 Å². The third-order valence-corrected chi connectivity index (χ3v) is 4.92. The van der Waals surface area contributed by atoms with Crippen LogP contribution in [-0.4, -0.2) is 42.3 Å². The van der Waals surface area contributed by atoms with Crippen LogP contribution in [0.3, 0.4) is 0 Å². The van der Waals surface area contributed by atoms with Crippen molar-refractivity contribution in [2.45, 2.75) is 69.2 Å². The Balaban J connectivity index is 1.89. The minimum atomic E-state index is -4.15. The second kappa shape index (κ2) is 6.42. The number of halogens is 3. The van der Waals surface area contributed by atoms with Crippen molar-refractivity contribution < 1.29 is 27.8 Å². The fourth-order valence-electron chi connectivity index (χ4n) is 3.50. The number of aliphatic hydroxyl groups is 1. The second-order valence-corrected chi connectivity index (χ2v) is 6.66. The molecule has 2 fully saturated rings. The third kappa shape index (κ3) is 4.83. The molecule has 6 heteroatoms. The van der Waals surface area contributed by atoms with Gasteiger partial charge in [-0.3, -0.25) is 0 Å². The summed E-state index contributed by atoms with van der Waals surface area (Å²) in [7, 11) is 0. The van der Waals surface area contributed by atoms with E-state index in [0.29, 0.717) is 26.2 Å². The number of hydrogen-bond donors (Lipinski definition) is 1. The minimum Gasteiger partial charge on any atom is -0.390 e. The molecule has 0 aromatic carbocycles. The molecule has 0 aromatic rings. The maximum absolute atomic E-state index is 12.2. The first kappa shape index (κ1) is 17.0. The van der Waals surface area contributed by atoms with Gasteiger partial charge in [-0.1, -0.05) is 0 Å². The highest BCUT2D eigenvalue weighted by Crippen LogP contribution is 2.42. The summed E-state index contributed by atoms with van der Waals surface area (Å²) in [5.74, 6) is -0.00224. The minimum absolute atomic E-state index is 0.00224. The van der Waals surface area contributed by atoms with E-state index in [1.165, 1.54) is 0 Å². The number of hydrogen-bond acceptors (Lipinski definition) is 3. The Hall–Kier alpha value is -0.330. The van der Waals surface area contributed by atoms with Gasteiger partial charge in [-0.05, 0) is 51.4 Å². The van der Waals surface area contributed by atoms with Crippen LogP contribution in [0.4, 0.5) is 13.2 Å². The highest BCUT2D eigenvalue weighted by molar-refractivity contribution is 4.95. The van der Waals surface area contributed by atoms with Crippen molar-refractivity contribution in [3.8, 4) is 0 Å². The van der Waals surface area contributed by atoms with Crippen molar-refractivity contribution in [3.05, 3.63) is 0 Å². The lowest BCUT2D eigenvalue weighted by atomic mass is 9.72.